The zero-order valence-electron chi connectivity index (χ0n) is 32.5. The number of hydrogen-bond donors (Lipinski definition) is 5. The summed E-state index contributed by atoms with van der Waals surface area (Å²) in [5.41, 5.74) is 5.34. The summed E-state index contributed by atoms with van der Waals surface area (Å²) in [4.78, 5) is 22.7. The summed E-state index contributed by atoms with van der Waals surface area (Å²) in [6, 6.07) is -1.03. The van der Waals surface area contributed by atoms with E-state index < -0.39 is 38.6 Å². The Labute approximate surface area is 307 Å². The molecule has 50 heavy (non-hydrogen) atoms. The van der Waals surface area contributed by atoms with Crippen LogP contribution in [0.3, 0.4) is 0 Å². The van der Waals surface area contributed by atoms with Gasteiger partial charge in [-0.2, -0.15) is 0 Å². The fourth-order valence-electron chi connectivity index (χ4n) is 6.20. The van der Waals surface area contributed by atoms with Crippen LogP contribution >= 0.6 is 7.82 Å². The Morgan fingerprint density at radius 1 is 0.660 bits per heavy atom. The second-order valence-electron chi connectivity index (χ2n) is 14.4. The van der Waals surface area contributed by atoms with E-state index in [-0.39, 0.29) is 13.2 Å². The summed E-state index contributed by atoms with van der Waals surface area (Å²) >= 11 is 0. The highest BCUT2D eigenvalue weighted by Gasteiger charge is 2.28. The molecule has 10 heteroatoms. The Morgan fingerprint density at radius 2 is 1.06 bits per heavy atom. The van der Waals surface area contributed by atoms with Crippen LogP contribution in [0.4, 0.5) is 0 Å². The maximum Gasteiger partial charge on any atom is 0.472 e. The highest BCUT2D eigenvalue weighted by atomic mass is 31.2. The van der Waals surface area contributed by atoms with Gasteiger partial charge in [0.15, 0.2) is 0 Å². The van der Waals surface area contributed by atoms with Crippen LogP contribution in [0.5, 0.6) is 0 Å². The normalized spacial score (nSPS) is 14.9. The Morgan fingerprint density at radius 3 is 1.48 bits per heavy atom. The van der Waals surface area contributed by atoms with Gasteiger partial charge in [-0.3, -0.25) is 13.8 Å². The molecule has 0 saturated carbocycles. The number of allylic oxidation sites excluding steroid dienone is 1. The third-order valence-corrected chi connectivity index (χ3v) is 10.5. The Balaban J connectivity index is 4.18. The minimum absolute atomic E-state index is 0.0454. The molecule has 0 aromatic carbocycles. The summed E-state index contributed by atoms with van der Waals surface area (Å²) in [5, 5.41) is 23.9. The Bertz CT molecular complexity index is 817. The van der Waals surface area contributed by atoms with Gasteiger partial charge in [-0.25, -0.2) is 4.57 Å². The largest absolute Gasteiger partial charge is 0.472 e. The highest BCUT2D eigenvalue weighted by molar-refractivity contribution is 7.47. The summed E-state index contributed by atoms with van der Waals surface area (Å²) in [5.74, 6) is -0.633. The van der Waals surface area contributed by atoms with Crippen LogP contribution in [0.2, 0.25) is 0 Å². The van der Waals surface area contributed by atoms with E-state index in [1.807, 2.05) is 6.08 Å². The van der Waals surface area contributed by atoms with E-state index in [1.165, 1.54) is 141 Å². The molecule has 6 N–H and O–H groups in total. The monoisotopic (exact) mass is 733 g/mol. The molecule has 0 aliphatic rings. The predicted octanol–water partition coefficient (Wildman–Crippen LogP) is 10.2. The van der Waals surface area contributed by atoms with Gasteiger partial charge >= 0.3 is 7.82 Å². The summed E-state index contributed by atoms with van der Waals surface area (Å²) in [6.45, 7) is 3.90. The number of phosphoric ester groups is 1. The number of nitrogens with two attached hydrogens (primary N) is 1. The van der Waals surface area contributed by atoms with Crippen LogP contribution in [-0.4, -0.2) is 59.0 Å². The smallest absolute Gasteiger partial charge is 0.387 e. The lowest BCUT2D eigenvalue weighted by Gasteiger charge is -2.24. The van der Waals surface area contributed by atoms with E-state index in [2.05, 4.69) is 19.2 Å². The lowest BCUT2D eigenvalue weighted by atomic mass is 10.0. The summed E-state index contributed by atoms with van der Waals surface area (Å²) in [7, 11) is -4.40. The van der Waals surface area contributed by atoms with Crippen LogP contribution in [-0.2, 0) is 18.4 Å². The molecule has 0 aliphatic heterocycles. The van der Waals surface area contributed by atoms with E-state index >= 15 is 0 Å². The van der Waals surface area contributed by atoms with Crippen molar-refractivity contribution in [2.45, 2.75) is 218 Å². The minimum Gasteiger partial charge on any atom is -0.387 e. The standard InChI is InChI=1S/C40H81N2O7P/c1-3-5-7-9-11-13-14-15-16-17-18-19-20-21-22-23-25-27-29-31-33-39(44)40(45)42-37(36-49-50(46,47)48-35-34-41)38(43)32-30-28-26-24-12-10-8-6-4-2/h30,32,37-39,43-44H,3-29,31,33-36,41H2,1-2H3,(H,42,45)(H,46,47)/b32-30+/t37-,38+,39?/m0/s1. The first-order valence-electron chi connectivity index (χ1n) is 20.9. The number of carbonyl (C=O) groups excluding carboxylic acids is 1. The van der Waals surface area contributed by atoms with E-state index in [0.717, 1.165) is 38.5 Å². The molecule has 0 fully saturated rings. The highest BCUT2D eigenvalue weighted by Crippen LogP contribution is 2.43. The number of rotatable bonds is 39. The molecule has 0 rings (SSSR count). The van der Waals surface area contributed by atoms with Gasteiger partial charge < -0.3 is 26.2 Å². The molecule has 0 aromatic rings. The molecule has 0 saturated heterocycles. The lowest BCUT2D eigenvalue weighted by molar-refractivity contribution is -0.131. The molecule has 0 spiro atoms. The lowest BCUT2D eigenvalue weighted by Crippen LogP contribution is -2.49. The molecule has 4 atom stereocenters. The Hall–Kier alpha value is -0.800. The molecule has 0 radical (unpaired) electrons. The van der Waals surface area contributed by atoms with Crippen molar-refractivity contribution in [2.75, 3.05) is 19.8 Å². The van der Waals surface area contributed by atoms with Crippen molar-refractivity contribution >= 4 is 13.7 Å². The first kappa shape index (κ1) is 49.2. The number of aliphatic hydroxyl groups excluding tert-OH is 2. The quantitative estimate of drug-likeness (QED) is 0.0238. The number of aliphatic hydroxyl groups is 2. The molecular formula is C40H81N2O7P. The number of phosphoric acid groups is 1. The number of hydrogen-bond acceptors (Lipinski definition) is 7. The van der Waals surface area contributed by atoms with Crippen LogP contribution in [0.1, 0.15) is 200 Å². The minimum atomic E-state index is -4.40. The molecule has 2 unspecified atom stereocenters. The van der Waals surface area contributed by atoms with Gasteiger partial charge in [0.05, 0.1) is 25.4 Å². The third-order valence-electron chi connectivity index (χ3n) is 9.47. The molecule has 298 valence electrons. The van der Waals surface area contributed by atoms with Gasteiger partial charge in [0.25, 0.3) is 0 Å². The molecule has 0 bridgehead atoms. The molecular weight excluding hydrogens is 651 g/mol. The van der Waals surface area contributed by atoms with Gasteiger partial charge in [-0.05, 0) is 19.3 Å². The molecule has 1 amide bonds. The van der Waals surface area contributed by atoms with Crippen molar-refractivity contribution in [2.24, 2.45) is 5.73 Å². The van der Waals surface area contributed by atoms with Crippen molar-refractivity contribution in [3.05, 3.63) is 12.2 Å². The van der Waals surface area contributed by atoms with Crippen molar-refractivity contribution in [1.29, 1.82) is 0 Å². The maximum absolute atomic E-state index is 12.8. The number of unbranched alkanes of at least 4 members (excludes halogenated alkanes) is 26. The van der Waals surface area contributed by atoms with Crippen molar-refractivity contribution in [3.8, 4) is 0 Å². The van der Waals surface area contributed by atoms with Crippen LogP contribution < -0.4 is 11.1 Å². The van der Waals surface area contributed by atoms with Gasteiger partial charge in [-0.15, -0.1) is 0 Å². The fraction of sp³-hybridized carbons (Fsp3) is 0.925. The van der Waals surface area contributed by atoms with Crippen molar-refractivity contribution < 1.29 is 33.5 Å². The molecule has 9 nitrogen and oxygen atoms in total. The zero-order chi connectivity index (χ0) is 37.0. The number of nitrogens with one attached hydrogen (secondary N) is 1. The second-order valence-corrected chi connectivity index (χ2v) is 15.8. The van der Waals surface area contributed by atoms with E-state index in [1.54, 1.807) is 6.08 Å². The van der Waals surface area contributed by atoms with Crippen molar-refractivity contribution in [3.63, 3.8) is 0 Å². The Kier molecular flexibility index (Phi) is 36.0. The summed E-state index contributed by atoms with van der Waals surface area (Å²) in [6.07, 6.45) is 36.3. The average molecular weight is 733 g/mol. The SMILES string of the molecule is CCCCCCCCC/C=C/[C@@H](O)[C@H](COP(=O)(O)OCCN)NC(=O)C(O)CCCCCCCCCCCCCCCCCCCCCC. The summed E-state index contributed by atoms with van der Waals surface area (Å²) < 4.78 is 22.0. The fourth-order valence-corrected chi connectivity index (χ4v) is 6.96. The number of carbonyl (C=O) groups is 1. The van der Waals surface area contributed by atoms with E-state index in [9.17, 15) is 24.5 Å². The topological polar surface area (TPSA) is 151 Å². The van der Waals surface area contributed by atoms with Crippen molar-refractivity contribution in [1.82, 2.24) is 5.32 Å². The number of amides is 1. The van der Waals surface area contributed by atoms with Gasteiger partial charge in [0, 0.05) is 6.54 Å². The first-order chi connectivity index (χ1) is 24.3. The maximum atomic E-state index is 12.8. The zero-order valence-corrected chi connectivity index (χ0v) is 33.4. The third kappa shape index (κ3) is 33.1. The van der Waals surface area contributed by atoms with Gasteiger partial charge in [0.2, 0.25) is 5.91 Å². The first-order valence-corrected chi connectivity index (χ1v) is 22.4. The molecule has 0 aliphatic carbocycles. The van der Waals surface area contributed by atoms with Gasteiger partial charge in [-0.1, -0.05) is 193 Å². The van der Waals surface area contributed by atoms with Crippen LogP contribution in [0.15, 0.2) is 12.2 Å². The molecule has 0 heterocycles. The van der Waals surface area contributed by atoms with Crippen LogP contribution in [0.25, 0.3) is 0 Å². The molecule has 0 aromatic heterocycles. The second kappa shape index (κ2) is 36.6. The average Bonchev–Trinajstić information content (AvgIpc) is 3.10. The predicted molar refractivity (Wildman–Crippen MR) is 209 cm³/mol. The van der Waals surface area contributed by atoms with E-state index in [0.29, 0.717) is 6.42 Å². The van der Waals surface area contributed by atoms with Gasteiger partial charge in [0.1, 0.15) is 6.10 Å². The van der Waals surface area contributed by atoms with Crippen LogP contribution in [0, 0.1) is 0 Å². The van der Waals surface area contributed by atoms with E-state index in [4.69, 9.17) is 14.8 Å².